The van der Waals surface area contributed by atoms with Crippen molar-refractivity contribution in [3.8, 4) is 34.5 Å². The monoisotopic (exact) mass is 629 g/mol. The van der Waals surface area contributed by atoms with Gasteiger partial charge in [-0.1, -0.05) is 24.3 Å². The van der Waals surface area contributed by atoms with Gasteiger partial charge in [0, 0.05) is 58.3 Å². The van der Waals surface area contributed by atoms with Crippen molar-refractivity contribution in [3.05, 3.63) is 70.8 Å². The highest BCUT2D eigenvalue weighted by molar-refractivity contribution is 6.03. The Balaban J connectivity index is 1.12. The predicted octanol–water partition coefficient (Wildman–Crippen LogP) is 4.56. The van der Waals surface area contributed by atoms with Gasteiger partial charge in [0.15, 0.2) is 0 Å². The summed E-state index contributed by atoms with van der Waals surface area (Å²) in [5.41, 5.74) is 1.27. The van der Waals surface area contributed by atoms with Crippen LogP contribution in [0.3, 0.4) is 0 Å². The smallest absolute Gasteiger partial charge is 0.244 e. The van der Waals surface area contributed by atoms with E-state index in [0.29, 0.717) is 48.0 Å². The summed E-state index contributed by atoms with van der Waals surface area (Å²) in [4.78, 5) is 24.6. The van der Waals surface area contributed by atoms with Gasteiger partial charge >= 0.3 is 0 Å². The Morgan fingerprint density at radius 3 is 1.48 bits per heavy atom. The normalized spacial score (nSPS) is 11.6. The number of phenolic OH excluding ortho intramolecular Hbond substituents is 6. The summed E-state index contributed by atoms with van der Waals surface area (Å²) in [6, 6.07) is 9.14. The number of fused-ring (bicyclic) bond motifs is 2. The minimum atomic E-state index is -0.360. The van der Waals surface area contributed by atoms with Crippen LogP contribution < -0.4 is 16.0 Å². The molecule has 0 aliphatic rings. The van der Waals surface area contributed by atoms with E-state index in [1.54, 1.807) is 38.1 Å². The molecule has 4 aromatic rings. The topological polar surface area (TPSA) is 192 Å². The van der Waals surface area contributed by atoms with Gasteiger partial charge in [-0.25, -0.2) is 0 Å². The van der Waals surface area contributed by atoms with Gasteiger partial charge in [-0.3, -0.25) is 9.59 Å². The highest BCUT2D eigenvalue weighted by atomic mass is 16.3. The first-order valence-electron chi connectivity index (χ1n) is 15.0. The average Bonchev–Trinajstić information content (AvgIpc) is 3.03. The number of aromatic hydroxyl groups is 6. The van der Waals surface area contributed by atoms with E-state index in [-0.39, 0.29) is 68.2 Å². The molecule has 0 bridgehead atoms. The first-order chi connectivity index (χ1) is 22.0. The molecular weight excluding hydrogens is 590 g/mol. The molecule has 0 atom stereocenters. The van der Waals surface area contributed by atoms with Crippen molar-refractivity contribution in [2.24, 2.45) is 0 Å². The molecule has 11 nitrogen and oxygen atoms in total. The molecule has 0 unspecified atom stereocenters. The molecule has 0 fully saturated rings. The van der Waals surface area contributed by atoms with Crippen LogP contribution in [0.1, 0.15) is 41.5 Å². The van der Waals surface area contributed by atoms with Gasteiger partial charge in [0.25, 0.3) is 0 Å². The predicted molar refractivity (Wildman–Crippen MR) is 178 cm³/mol. The van der Waals surface area contributed by atoms with Gasteiger partial charge in [0.05, 0.1) is 10.8 Å². The van der Waals surface area contributed by atoms with Crippen molar-refractivity contribution in [1.29, 1.82) is 0 Å². The van der Waals surface area contributed by atoms with E-state index < -0.39 is 0 Å². The number of unbranched alkanes of at least 4 members (excludes halogenated alkanes) is 1. The lowest BCUT2D eigenvalue weighted by Gasteiger charge is -2.12. The molecule has 2 amide bonds. The Bertz CT molecular complexity index is 1700. The van der Waals surface area contributed by atoms with Crippen molar-refractivity contribution in [2.45, 2.75) is 33.1 Å². The van der Waals surface area contributed by atoms with Gasteiger partial charge in [-0.2, -0.15) is 0 Å². The van der Waals surface area contributed by atoms with E-state index >= 15 is 0 Å². The maximum absolute atomic E-state index is 12.3. The Morgan fingerprint density at radius 1 is 0.587 bits per heavy atom. The summed E-state index contributed by atoms with van der Waals surface area (Å²) in [6.07, 6.45) is 7.59. The van der Waals surface area contributed by atoms with Crippen LogP contribution in [-0.4, -0.2) is 68.6 Å². The number of rotatable bonds is 13. The van der Waals surface area contributed by atoms with E-state index in [0.717, 1.165) is 19.4 Å². The van der Waals surface area contributed by atoms with E-state index in [4.69, 9.17) is 0 Å². The standard InChI is InChI=1S/C35H39N3O8/c1-20-22(34(45)30-24(32(20)43)8-5-10-26(30)39)12-14-28(41)37-18-4-3-16-36-17-7-19-38-29(42)15-13-23-21(2)33(44)25-9-6-11-27(40)31(25)35(23)46/h5-6,8-15,36,39-40,43-46H,3-4,7,16-19H2,1-2H3,(H,37,41)(H,38,42)/b14-12+,15-13+. The first kappa shape index (κ1) is 33.5. The maximum Gasteiger partial charge on any atom is 0.244 e. The van der Waals surface area contributed by atoms with Crippen LogP contribution in [-0.2, 0) is 9.59 Å². The van der Waals surface area contributed by atoms with Crippen molar-refractivity contribution >= 4 is 45.5 Å². The summed E-state index contributed by atoms with van der Waals surface area (Å²) in [6.45, 7) is 5.52. The highest BCUT2D eigenvalue weighted by Gasteiger charge is 2.18. The number of amides is 2. The zero-order valence-electron chi connectivity index (χ0n) is 25.7. The molecule has 242 valence electrons. The number of phenols is 6. The second kappa shape index (κ2) is 15.0. The summed E-state index contributed by atoms with van der Waals surface area (Å²) in [5.74, 6) is -1.64. The van der Waals surface area contributed by atoms with Gasteiger partial charge in [0.1, 0.15) is 34.5 Å². The minimum absolute atomic E-state index is 0.0758. The molecule has 4 aromatic carbocycles. The number of benzene rings is 4. The van der Waals surface area contributed by atoms with Crippen molar-refractivity contribution in [1.82, 2.24) is 16.0 Å². The van der Waals surface area contributed by atoms with Crippen molar-refractivity contribution in [3.63, 3.8) is 0 Å². The molecule has 11 heteroatoms. The van der Waals surface area contributed by atoms with E-state index in [9.17, 15) is 40.2 Å². The maximum atomic E-state index is 12.3. The molecular formula is C35H39N3O8. The van der Waals surface area contributed by atoms with Crippen LogP contribution in [0.25, 0.3) is 33.7 Å². The highest BCUT2D eigenvalue weighted by Crippen LogP contribution is 2.44. The largest absolute Gasteiger partial charge is 0.507 e. The molecule has 0 aliphatic carbocycles. The molecule has 0 saturated heterocycles. The van der Waals surface area contributed by atoms with Crippen molar-refractivity contribution < 1.29 is 40.2 Å². The van der Waals surface area contributed by atoms with E-state index in [1.165, 1.54) is 36.4 Å². The quantitative estimate of drug-likeness (QED) is 0.0579. The van der Waals surface area contributed by atoms with Crippen LogP contribution in [0, 0.1) is 13.8 Å². The second-order valence-electron chi connectivity index (χ2n) is 10.9. The van der Waals surface area contributed by atoms with Crippen LogP contribution in [0.5, 0.6) is 34.5 Å². The van der Waals surface area contributed by atoms with Gasteiger partial charge in [-0.15, -0.1) is 0 Å². The Kier molecular flexibility index (Phi) is 10.9. The third-order valence-electron chi connectivity index (χ3n) is 7.81. The van der Waals surface area contributed by atoms with Crippen LogP contribution in [0.15, 0.2) is 48.6 Å². The number of nitrogens with one attached hydrogen (secondary N) is 3. The lowest BCUT2D eigenvalue weighted by molar-refractivity contribution is -0.117. The lowest BCUT2D eigenvalue weighted by atomic mass is 9.97. The second-order valence-corrected chi connectivity index (χ2v) is 10.9. The number of carbonyl (C=O) groups excluding carboxylic acids is 2. The van der Waals surface area contributed by atoms with E-state index in [2.05, 4.69) is 16.0 Å². The molecule has 4 rings (SSSR count). The molecule has 0 spiro atoms. The minimum Gasteiger partial charge on any atom is -0.507 e. The first-order valence-corrected chi connectivity index (χ1v) is 15.0. The van der Waals surface area contributed by atoms with Gasteiger partial charge in [0.2, 0.25) is 11.8 Å². The molecule has 46 heavy (non-hydrogen) atoms. The number of carbonyl (C=O) groups is 2. The van der Waals surface area contributed by atoms with Gasteiger partial charge in [-0.05, 0) is 70.5 Å². The average molecular weight is 630 g/mol. The fourth-order valence-electron chi connectivity index (χ4n) is 5.24. The summed E-state index contributed by atoms with van der Waals surface area (Å²) in [5, 5.41) is 72.2. The zero-order valence-corrected chi connectivity index (χ0v) is 25.7. The molecule has 0 saturated carbocycles. The lowest BCUT2D eigenvalue weighted by Crippen LogP contribution is -2.27. The van der Waals surface area contributed by atoms with Crippen LogP contribution >= 0.6 is 0 Å². The molecule has 0 aromatic heterocycles. The van der Waals surface area contributed by atoms with Crippen molar-refractivity contribution in [2.75, 3.05) is 26.2 Å². The van der Waals surface area contributed by atoms with Gasteiger partial charge < -0.3 is 46.6 Å². The molecule has 9 N–H and O–H groups in total. The summed E-state index contributed by atoms with van der Waals surface area (Å²) in [7, 11) is 0. The number of hydrogen-bond acceptors (Lipinski definition) is 9. The summed E-state index contributed by atoms with van der Waals surface area (Å²) >= 11 is 0. The van der Waals surface area contributed by atoms with Crippen LogP contribution in [0.2, 0.25) is 0 Å². The zero-order chi connectivity index (χ0) is 33.4. The Morgan fingerprint density at radius 2 is 1.00 bits per heavy atom. The Hall–Kier alpha value is -5.42. The SMILES string of the molecule is Cc1c(/C=C/C(=O)NCCCCNCCCNC(=O)/C=C/c2c(C)c(O)c3cccc(O)c3c2O)c(O)c2c(O)cccc2c1O. The molecule has 0 radical (unpaired) electrons. The third-order valence-corrected chi connectivity index (χ3v) is 7.81. The molecule has 0 heterocycles. The van der Waals surface area contributed by atoms with E-state index in [1.807, 2.05) is 0 Å². The number of hydrogen-bond donors (Lipinski definition) is 9. The fourth-order valence-corrected chi connectivity index (χ4v) is 5.24. The molecule has 0 aliphatic heterocycles. The van der Waals surface area contributed by atoms with Crippen LogP contribution in [0.4, 0.5) is 0 Å². The third kappa shape index (κ3) is 7.44. The fraction of sp³-hybridized carbons (Fsp3) is 0.257. The Labute approximate surface area is 266 Å². The summed E-state index contributed by atoms with van der Waals surface area (Å²) < 4.78 is 0.